The summed E-state index contributed by atoms with van der Waals surface area (Å²) in [5.41, 5.74) is 15.0. The van der Waals surface area contributed by atoms with E-state index < -0.39 is 5.41 Å². The van der Waals surface area contributed by atoms with Gasteiger partial charge in [-0.15, -0.1) is 0 Å². The van der Waals surface area contributed by atoms with Gasteiger partial charge in [0.2, 0.25) is 0 Å². The van der Waals surface area contributed by atoms with Crippen LogP contribution in [0, 0.1) is 6.33 Å². The Bertz CT molecular complexity index is 3850. The fraction of sp³-hybridized carbons (Fsp3) is 0.200. The molecule has 5 heteroatoms. The highest BCUT2D eigenvalue weighted by Crippen LogP contribution is 2.41. The average molecular weight is 979 g/mol. The lowest BCUT2D eigenvalue weighted by atomic mass is 9.77. The third kappa shape index (κ3) is 9.49. The fourth-order valence-corrected chi connectivity index (χ4v) is 10.5. The summed E-state index contributed by atoms with van der Waals surface area (Å²) in [5, 5.41) is 2.29. The summed E-state index contributed by atoms with van der Waals surface area (Å²) in [5.74, 6) is 2.36. The van der Waals surface area contributed by atoms with Crippen molar-refractivity contribution in [2.45, 2.75) is 90.9 Å². The van der Waals surface area contributed by atoms with E-state index in [1.165, 1.54) is 38.9 Å². The zero-order valence-electron chi connectivity index (χ0n) is 45.0. The molecule has 11 rings (SSSR count). The van der Waals surface area contributed by atoms with Gasteiger partial charge in [0.05, 0.1) is 28.1 Å². The van der Waals surface area contributed by atoms with Gasteiger partial charge in [-0.1, -0.05) is 203 Å². The first kappa shape index (κ1) is 49.0. The molecule has 0 radical (unpaired) electrons. The molecule has 372 valence electrons. The van der Waals surface area contributed by atoms with Crippen LogP contribution in [0.15, 0.2) is 219 Å². The molecule has 0 saturated heterocycles. The van der Waals surface area contributed by atoms with Crippen molar-refractivity contribution in [3.05, 3.63) is 258 Å². The number of ether oxygens (including phenoxy) is 1. The second-order valence-electron chi connectivity index (χ2n) is 23.3. The van der Waals surface area contributed by atoms with Gasteiger partial charge < -0.3 is 4.74 Å². The number of pyridine rings is 1. The van der Waals surface area contributed by atoms with E-state index in [0.717, 1.165) is 67.3 Å². The van der Waals surface area contributed by atoms with Crippen molar-refractivity contribution in [1.29, 1.82) is 0 Å². The molecule has 0 saturated carbocycles. The maximum absolute atomic E-state index is 7.14. The molecule has 0 N–H and O–H groups in total. The lowest BCUT2D eigenvalue weighted by Gasteiger charge is -2.28. The predicted octanol–water partition coefficient (Wildman–Crippen LogP) is 17.4. The van der Waals surface area contributed by atoms with E-state index in [1.54, 1.807) is 0 Å². The Labute approximate surface area is 443 Å². The monoisotopic (exact) mass is 979 g/mol. The van der Waals surface area contributed by atoms with Gasteiger partial charge in [-0.05, 0) is 128 Å². The van der Waals surface area contributed by atoms with E-state index in [0.29, 0.717) is 0 Å². The Balaban J connectivity index is 1.08. The molecule has 8 aromatic carbocycles. The number of rotatable bonds is 11. The van der Waals surface area contributed by atoms with Crippen molar-refractivity contribution in [3.8, 4) is 50.9 Å². The molecule has 0 aliphatic carbocycles. The van der Waals surface area contributed by atoms with Crippen LogP contribution in [0.4, 0.5) is 0 Å². The van der Waals surface area contributed by atoms with Crippen LogP contribution in [0.3, 0.4) is 0 Å². The van der Waals surface area contributed by atoms with E-state index in [9.17, 15) is 0 Å². The van der Waals surface area contributed by atoms with Gasteiger partial charge >= 0.3 is 0 Å². The van der Waals surface area contributed by atoms with Crippen LogP contribution in [0.1, 0.15) is 103 Å². The normalized spacial score (nSPS) is 12.4. The zero-order chi connectivity index (χ0) is 52.3. The van der Waals surface area contributed by atoms with Gasteiger partial charge in [-0.25, -0.2) is 4.98 Å². The van der Waals surface area contributed by atoms with E-state index in [2.05, 4.69) is 302 Å². The molecule has 0 aliphatic rings. The number of hydrogen-bond donors (Lipinski definition) is 0. The Morgan fingerprint density at radius 2 is 1.04 bits per heavy atom. The Morgan fingerprint density at radius 1 is 0.427 bits per heavy atom. The van der Waals surface area contributed by atoms with Crippen molar-refractivity contribution in [3.63, 3.8) is 0 Å². The van der Waals surface area contributed by atoms with Gasteiger partial charge in [0.25, 0.3) is 6.33 Å². The minimum absolute atomic E-state index is 0.0536. The first-order valence-corrected chi connectivity index (χ1v) is 26.3. The topological polar surface area (TPSA) is 35.9 Å². The van der Waals surface area contributed by atoms with Crippen LogP contribution in [0.25, 0.3) is 61.3 Å². The van der Waals surface area contributed by atoms with Crippen molar-refractivity contribution < 1.29 is 9.30 Å². The van der Waals surface area contributed by atoms with Gasteiger partial charge in [-0.2, -0.15) is 0 Å². The third-order valence-electron chi connectivity index (χ3n) is 15.3. The van der Waals surface area contributed by atoms with E-state index >= 15 is 0 Å². The molecule has 3 heterocycles. The Morgan fingerprint density at radius 3 is 1.68 bits per heavy atom. The summed E-state index contributed by atoms with van der Waals surface area (Å²) >= 11 is 0. The quantitative estimate of drug-likeness (QED) is 0.0956. The van der Waals surface area contributed by atoms with Crippen LogP contribution < -0.4 is 9.30 Å². The lowest BCUT2D eigenvalue weighted by Crippen LogP contribution is -2.30. The summed E-state index contributed by atoms with van der Waals surface area (Å²) in [7, 11) is 0. The standard InChI is InChI=1S/C70H66N4O/c1-67(2,3)54-35-36-71-66(43-54)74-63-34-31-50(48-23-15-11-16-24-48)39-62(63)61-33-32-59(45-64(61)74)75-60-42-55(68(4,5)6)40-58(44-60)73-47-72(46-65(73)70(9,10)53-29-21-14-22-30-53)57-38-51(49-25-17-12-18-26-49)37-56(41-57)69(7,8)52-27-19-13-20-28-52/h11-46H,1-10H3. The summed E-state index contributed by atoms with van der Waals surface area (Å²) in [4.78, 5) is 5.01. The molecule has 5 nitrogen and oxygen atoms in total. The van der Waals surface area contributed by atoms with Crippen LogP contribution >= 0.6 is 0 Å². The number of hydrogen-bond acceptors (Lipinski definition) is 2. The molecule has 0 spiro atoms. The van der Waals surface area contributed by atoms with Crippen LogP contribution in [0.5, 0.6) is 11.5 Å². The maximum atomic E-state index is 7.14. The molecule has 0 fully saturated rings. The number of nitrogens with zero attached hydrogens (tertiary/aromatic N) is 4. The molecule has 0 unspecified atom stereocenters. The molecule has 0 aliphatic heterocycles. The first-order valence-electron chi connectivity index (χ1n) is 26.3. The number of benzene rings is 8. The molecule has 11 aromatic rings. The van der Waals surface area contributed by atoms with Crippen LogP contribution in [-0.4, -0.2) is 14.1 Å². The third-order valence-corrected chi connectivity index (χ3v) is 15.3. The molecular formula is C70H66N4O. The van der Waals surface area contributed by atoms with Gasteiger partial charge in [0.15, 0.2) is 0 Å². The largest absolute Gasteiger partial charge is 0.458 e. The van der Waals surface area contributed by atoms with E-state index in [1.807, 2.05) is 6.20 Å². The molecular weight excluding hydrogens is 913 g/mol. The summed E-state index contributed by atoms with van der Waals surface area (Å²) in [6.45, 7) is 22.8. The maximum Gasteiger partial charge on any atom is 0.269 e. The second-order valence-corrected chi connectivity index (χ2v) is 23.3. The minimum Gasteiger partial charge on any atom is -0.458 e. The Hall–Kier alpha value is -8.28. The molecule has 0 bridgehead atoms. The highest BCUT2D eigenvalue weighted by molar-refractivity contribution is 6.10. The lowest BCUT2D eigenvalue weighted by molar-refractivity contribution is -0.599. The van der Waals surface area contributed by atoms with Crippen molar-refractivity contribution in [2.24, 2.45) is 0 Å². The highest BCUT2D eigenvalue weighted by Gasteiger charge is 2.31. The molecule has 75 heavy (non-hydrogen) atoms. The first-order chi connectivity index (χ1) is 35.9. The summed E-state index contributed by atoms with van der Waals surface area (Å²) < 4.78 is 13.9. The average Bonchev–Trinajstić information content (AvgIpc) is 4.03. The van der Waals surface area contributed by atoms with E-state index in [-0.39, 0.29) is 16.2 Å². The predicted molar refractivity (Wildman–Crippen MR) is 310 cm³/mol. The summed E-state index contributed by atoms with van der Waals surface area (Å²) in [6, 6.07) is 74.2. The number of imidazole rings is 1. The zero-order valence-corrected chi connectivity index (χ0v) is 45.0. The minimum atomic E-state index is -0.428. The van der Waals surface area contributed by atoms with Gasteiger partial charge in [0, 0.05) is 40.1 Å². The fourth-order valence-electron chi connectivity index (χ4n) is 10.5. The SMILES string of the molecule is CC(C)(C)c1cc(Oc2ccc3c4cc(-c5ccccc5)ccc4n(-c4cc(C(C)(C)C)ccn4)c3c2)cc(-n2[c-][n+](-c3cc(-c4ccccc4)cc(C(C)(C)c4ccccc4)c3)cc2C(C)(C)c2ccccc2)c1. The van der Waals surface area contributed by atoms with Gasteiger partial charge in [-0.3, -0.25) is 13.7 Å². The van der Waals surface area contributed by atoms with Crippen molar-refractivity contribution in [1.82, 2.24) is 14.1 Å². The number of aromatic nitrogens is 4. The molecule has 3 aromatic heterocycles. The second kappa shape index (κ2) is 18.9. The van der Waals surface area contributed by atoms with Crippen molar-refractivity contribution >= 4 is 21.8 Å². The van der Waals surface area contributed by atoms with Crippen LogP contribution in [0.2, 0.25) is 0 Å². The molecule has 0 amide bonds. The molecule has 0 atom stereocenters. The highest BCUT2D eigenvalue weighted by atomic mass is 16.5. The number of fused-ring (bicyclic) bond motifs is 3. The van der Waals surface area contributed by atoms with Crippen molar-refractivity contribution in [2.75, 3.05) is 0 Å². The van der Waals surface area contributed by atoms with E-state index in [4.69, 9.17) is 9.72 Å². The summed E-state index contributed by atoms with van der Waals surface area (Å²) in [6.07, 6.45) is 8.13. The van der Waals surface area contributed by atoms with Crippen LogP contribution in [-0.2, 0) is 21.7 Å². The van der Waals surface area contributed by atoms with Gasteiger partial charge in [0.1, 0.15) is 17.3 Å². The smallest absolute Gasteiger partial charge is 0.269 e. The Kier molecular flexibility index (Phi) is 12.3.